The zero-order valence-corrected chi connectivity index (χ0v) is 19.1. The van der Waals surface area contributed by atoms with Gasteiger partial charge in [0.15, 0.2) is 17.6 Å². The van der Waals surface area contributed by atoms with Gasteiger partial charge in [-0.1, -0.05) is 0 Å². The minimum absolute atomic E-state index is 0. The number of nitrogens with one attached hydrogen (secondary N) is 2. The van der Waals surface area contributed by atoms with Gasteiger partial charge in [0.25, 0.3) is 0 Å². The van der Waals surface area contributed by atoms with E-state index in [1.54, 1.807) is 7.05 Å². The van der Waals surface area contributed by atoms with Crippen molar-refractivity contribution >= 4 is 29.9 Å². The van der Waals surface area contributed by atoms with Gasteiger partial charge >= 0.3 is 6.18 Å². The monoisotopic (exact) mass is 550 g/mol. The average Bonchev–Trinajstić information content (AvgIpc) is 2.66. The first-order chi connectivity index (χ1) is 13.8. The molecular formula is C19H28F5IN4O. The third-order valence-corrected chi connectivity index (χ3v) is 4.73. The number of rotatable bonds is 8. The summed E-state index contributed by atoms with van der Waals surface area (Å²) in [4.78, 5) is 5.55. The number of ether oxygens (including phenoxy) is 1. The summed E-state index contributed by atoms with van der Waals surface area (Å²) in [6, 6.07) is 3.35. The molecule has 0 unspecified atom stereocenters. The van der Waals surface area contributed by atoms with Crippen LogP contribution in [0.5, 0.6) is 5.75 Å². The van der Waals surface area contributed by atoms with E-state index in [2.05, 4.69) is 15.6 Å². The minimum atomic E-state index is -4.14. The Bertz CT molecular complexity index is 667. The van der Waals surface area contributed by atoms with Crippen LogP contribution in [0.1, 0.15) is 19.3 Å². The first-order valence-electron chi connectivity index (χ1n) is 9.58. The maximum Gasteiger partial charge on any atom is 0.401 e. The molecule has 0 saturated carbocycles. The number of likely N-dealkylation sites (tertiary alicyclic amines) is 1. The Morgan fingerprint density at radius 2 is 1.80 bits per heavy atom. The van der Waals surface area contributed by atoms with Gasteiger partial charge in [0.1, 0.15) is 12.4 Å². The van der Waals surface area contributed by atoms with Gasteiger partial charge in [0, 0.05) is 19.7 Å². The number of benzene rings is 1. The van der Waals surface area contributed by atoms with E-state index in [0.29, 0.717) is 38.1 Å². The summed E-state index contributed by atoms with van der Waals surface area (Å²) in [5.41, 5.74) is 0. The molecule has 1 fully saturated rings. The fourth-order valence-corrected chi connectivity index (χ4v) is 3.21. The summed E-state index contributed by atoms with van der Waals surface area (Å²) >= 11 is 0. The van der Waals surface area contributed by atoms with Crippen molar-refractivity contribution in [3.05, 3.63) is 29.8 Å². The predicted octanol–water partition coefficient (Wildman–Crippen LogP) is 3.79. The zero-order valence-electron chi connectivity index (χ0n) is 16.8. The normalized spacial score (nSPS) is 16.1. The van der Waals surface area contributed by atoms with E-state index < -0.39 is 24.4 Å². The molecule has 1 aromatic rings. The number of hydrogen-bond donors (Lipinski definition) is 2. The molecule has 172 valence electrons. The molecule has 1 heterocycles. The lowest BCUT2D eigenvalue weighted by molar-refractivity contribution is -0.148. The number of nitrogens with zero attached hydrogens (tertiary/aromatic N) is 2. The lowest BCUT2D eigenvalue weighted by Crippen LogP contribution is -2.42. The third kappa shape index (κ3) is 10.1. The van der Waals surface area contributed by atoms with Crippen molar-refractivity contribution in [2.45, 2.75) is 25.4 Å². The van der Waals surface area contributed by atoms with Gasteiger partial charge in [0.2, 0.25) is 0 Å². The summed E-state index contributed by atoms with van der Waals surface area (Å²) in [6.07, 6.45) is -1.77. The second kappa shape index (κ2) is 13.1. The van der Waals surface area contributed by atoms with Crippen LogP contribution in [0.15, 0.2) is 23.2 Å². The smallest absolute Gasteiger partial charge is 0.401 e. The lowest BCUT2D eigenvalue weighted by Gasteiger charge is -2.32. The fourth-order valence-electron chi connectivity index (χ4n) is 3.21. The molecule has 0 spiro atoms. The van der Waals surface area contributed by atoms with Crippen LogP contribution in [-0.2, 0) is 0 Å². The van der Waals surface area contributed by atoms with Crippen molar-refractivity contribution in [2.24, 2.45) is 10.9 Å². The number of halogens is 6. The quantitative estimate of drug-likeness (QED) is 0.170. The Morgan fingerprint density at radius 1 is 1.13 bits per heavy atom. The van der Waals surface area contributed by atoms with Crippen LogP contribution in [0.4, 0.5) is 22.0 Å². The van der Waals surface area contributed by atoms with E-state index in [4.69, 9.17) is 4.74 Å². The molecule has 2 N–H and O–H groups in total. The zero-order chi connectivity index (χ0) is 21.3. The molecule has 5 nitrogen and oxygen atoms in total. The van der Waals surface area contributed by atoms with Crippen molar-refractivity contribution in [3.8, 4) is 5.75 Å². The van der Waals surface area contributed by atoms with Crippen LogP contribution in [0.3, 0.4) is 0 Å². The Kier molecular flexibility index (Phi) is 11.7. The molecule has 0 atom stereocenters. The van der Waals surface area contributed by atoms with E-state index in [0.717, 1.165) is 31.4 Å². The maximum absolute atomic E-state index is 13.1. The molecule has 0 aromatic heterocycles. The highest BCUT2D eigenvalue weighted by atomic mass is 127. The Hall–Kier alpha value is -1.37. The van der Waals surface area contributed by atoms with E-state index >= 15 is 0 Å². The third-order valence-electron chi connectivity index (χ3n) is 4.73. The highest BCUT2D eigenvalue weighted by Crippen LogP contribution is 2.24. The second-order valence-electron chi connectivity index (χ2n) is 6.97. The number of alkyl halides is 3. The first-order valence-corrected chi connectivity index (χ1v) is 9.58. The van der Waals surface area contributed by atoms with Gasteiger partial charge < -0.3 is 15.4 Å². The molecule has 0 radical (unpaired) electrons. The molecule has 1 aliphatic rings. The molecule has 1 aromatic carbocycles. The minimum Gasteiger partial charge on any atom is -0.492 e. The molecule has 0 bridgehead atoms. The second-order valence-corrected chi connectivity index (χ2v) is 6.97. The maximum atomic E-state index is 13.1. The van der Waals surface area contributed by atoms with E-state index in [-0.39, 0.29) is 36.3 Å². The lowest BCUT2D eigenvalue weighted by atomic mass is 9.93. The van der Waals surface area contributed by atoms with Crippen LogP contribution in [0.2, 0.25) is 0 Å². The Labute approximate surface area is 190 Å². The molecule has 1 saturated heterocycles. The Morgan fingerprint density at radius 3 is 2.40 bits per heavy atom. The summed E-state index contributed by atoms with van der Waals surface area (Å²) in [5, 5.41) is 6.21. The van der Waals surface area contributed by atoms with Crippen LogP contribution < -0.4 is 15.4 Å². The van der Waals surface area contributed by atoms with Crippen molar-refractivity contribution in [1.82, 2.24) is 15.5 Å². The van der Waals surface area contributed by atoms with Gasteiger partial charge in [-0.2, -0.15) is 13.2 Å². The topological polar surface area (TPSA) is 48.9 Å². The molecule has 1 aliphatic heterocycles. The number of hydrogen-bond acceptors (Lipinski definition) is 3. The SMILES string of the molecule is CN=C(NCCOc1ccc(F)c(F)c1)NCCC1CCN(CC(F)(F)F)CC1.I. The highest BCUT2D eigenvalue weighted by molar-refractivity contribution is 14.0. The predicted molar refractivity (Wildman–Crippen MR) is 116 cm³/mol. The molecule has 30 heavy (non-hydrogen) atoms. The average molecular weight is 550 g/mol. The van der Waals surface area contributed by atoms with Gasteiger partial charge in [-0.3, -0.25) is 9.89 Å². The van der Waals surface area contributed by atoms with Gasteiger partial charge in [-0.15, -0.1) is 24.0 Å². The summed E-state index contributed by atoms with van der Waals surface area (Å²) in [7, 11) is 1.63. The number of guanidine groups is 1. The van der Waals surface area contributed by atoms with Gasteiger partial charge in [-0.05, 0) is 50.4 Å². The van der Waals surface area contributed by atoms with Crippen LogP contribution >= 0.6 is 24.0 Å². The van der Waals surface area contributed by atoms with E-state index in [1.807, 2.05) is 0 Å². The summed E-state index contributed by atoms with van der Waals surface area (Å²) in [6.45, 7) is 1.42. The Balaban J connectivity index is 0.00000450. The standard InChI is InChI=1S/C19H27F5N4O.HI/c1-25-18(27-8-11-29-15-2-3-16(20)17(21)12-15)26-7-4-14-5-9-28(10-6-14)13-19(22,23)24;/h2-3,12,14H,4-11,13H2,1H3,(H2,25,26,27);1H. The number of piperidine rings is 1. The van der Waals surface area contributed by atoms with Crippen LogP contribution in [0, 0.1) is 17.6 Å². The van der Waals surface area contributed by atoms with Crippen molar-refractivity contribution in [2.75, 3.05) is 46.4 Å². The number of aliphatic imine (C=N–C) groups is 1. The molecule has 0 aliphatic carbocycles. The molecule has 11 heteroatoms. The van der Waals surface area contributed by atoms with Crippen molar-refractivity contribution < 1.29 is 26.7 Å². The molecule has 0 amide bonds. The van der Waals surface area contributed by atoms with Gasteiger partial charge in [0.05, 0.1) is 13.1 Å². The van der Waals surface area contributed by atoms with E-state index in [1.165, 1.54) is 11.0 Å². The van der Waals surface area contributed by atoms with Crippen molar-refractivity contribution in [1.29, 1.82) is 0 Å². The largest absolute Gasteiger partial charge is 0.492 e. The van der Waals surface area contributed by atoms with Crippen molar-refractivity contribution in [3.63, 3.8) is 0 Å². The molecular weight excluding hydrogens is 522 g/mol. The fraction of sp³-hybridized carbons (Fsp3) is 0.632. The first kappa shape index (κ1) is 26.7. The summed E-state index contributed by atoms with van der Waals surface area (Å²) < 4.78 is 68.6. The van der Waals surface area contributed by atoms with Crippen LogP contribution in [0.25, 0.3) is 0 Å². The highest BCUT2D eigenvalue weighted by Gasteiger charge is 2.32. The summed E-state index contributed by atoms with van der Waals surface area (Å²) in [5.74, 6) is -0.677. The van der Waals surface area contributed by atoms with Crippen LogP contribution in [-0.4, -0.2) is 63.4 Å². The molecule has 2 rings (SSSR count). The van der Waals surface area contributed by atoms with E-state index in [9.17, 15) is 22.0 Å². The van der Waals surface area contributed by atoms with Gasteiger partial charge in [-0.25, -0.2) is 8.78 Å².